The van der Waals surface area contributed by atoms with Gasteiger partial charge in [-0.15, -0.1) is 11.8 Å². The van der Waals surface area contributed by atoms with Gasteiger partial charge >= 0.3 is 0 Å². The maximum Gasteiger partial charge on any atom is 0.239 e. The fourth-order valence-corrected chi connectivity index (χ4v) is 3.18. The summed E-state index contributed by atoms with van der Waals surface area (Å²) in [6, 6.07) is 8.41. The Morgan fingerprint density at radius 3 is 2.95 bits per heavy atom. The number of aryl methyl sites for hydroxylation is 1. The lowest BCUT2D eigenvalue weighted by atomic mass is 10.00. The number of rotatable bonds is 4. The van der Waals surface area contributed by atoms with Crippen LogP contribution in [0.4, 0.5) is 5.82 Å². The number of nitrogens with one attached hydrogen (secondary N) is 1. The van der Waals surface area contributed by atoms with Gasteiger partial charge in [-0.3, -0.25) is 14.4 Å². The van der Waals surface area contributed by atoms with Crippen LogP contribution in [-0.2, 0) is 24.8 Å². The number of carbonyl (C=O) groups is 1. The van der Waals surface area contributed by atoms with Crippen LogP contribution >= 0.6 is 11.8 Å². The highest BCUT2D eigenvalue weighted by Crippen LogP contribution is 2.24. The highest BCUT2D eigenvalue weighted by Gasteiger charge is 2.19. The van der Waals surface area contributed by atoms with Crippen LogP contribution in [0.5, 0.6) is 0 Å². The van der Waals surface area contributed by atoms with Gasteiger partial charge < -0.3 is 5.32 Å². The summed E-state index contributed by atoms with van der Waals surface area (Å²) in [5, 5.41) is 7.00. The summed E-state index contributed by atoms with van der Waals surface area (Å²) in [6.07, 6.45) is 4.91. The fourth-order valence-electron chi connectivity index (χ4n) is 2.72. The average Bonchev–Trinajstić information content (AvgIpc) is 2.91. The van der Waals surface area contributed by atoms with Crippen LogP contribution in [0.25, 0.3) is 0 Å². The first-order valence-electron chi connectivity index (χ1n) is 7.31. The quantitative estimate of drug-likeness (QED) is 0.878. The van der Waals surface area contributed by atoms with Crippen LogP contribution < -0.4 is 5.32 Å². The molecule has 1 aromatic heterocycles. The lowest BCUT2D eigenvalue weighted by Gasteiger charge is -2.28. The Kier molecular flexibility index (Phi) is 4.49. The number of fused-ring (bicyclic) bond motifs is 1. The monoisotopic (exact) mass is 316 g/mol. The number of carbonyl (C=O) groups excluding carboxylic acids is 1. The van der Waals surface area contributed by atoms with Crippen LogP contribution in [0.2, 0.25) is 0 Å². The van der Waals surface area contributed by atoms with Gasteiger partial charge in [-0.25, -0.2) is 0 Å². The Balaban J connectivity index is 1.59. The third-order valence-electron chi connectivity index (χ3n) is 3.85. The Labute approximate surface area is 134 Å². The van der Waals surface area contributed by atoms with Gasteiger partial charge in [-0.05, 0) is 35.9 Å². The summed E-state index contributed by atoms with van der Waals surface area (Å²) in [4.78, 5) is 15.6. The van der Waals surface area contributed by atoms with E-state index in [-0.39, 0.29) is 5.91 Å². The summed E-state index contributed by atoms with van der Waals surface area (Å²) >= 11 is 1.77. The van der Waals surface area contributed by atoms with E-state index in [1.165, 1.54) is 16.0 Å². The molecule has 0 saturated carbocycles. The van der Waals surface area contributed by atoms with Crippen molar-refractivity contribution in [2.24, 2.45) is 7.05 Å². The zero-order chi connectivity index (χ0) is 15.5. The van der Waals surface area contributed by atoms with Gasteiger partial charge in [0.1, 0.15) is 0 Å². The first-order valence-corrected chi connectivity index (χ1v) is 8.54. The molecule has 0 saturated heterocycles. The Hall–Kier alpha value is -1.79. The van der Waals surface area contributed by atoms with Crippen LogP contribution in [0.3, 0.4) is 0 Å². The second-order valence-electron chi connectivity index (χ2n) is 5.52. The molecule has 5 nitrogen and oxygen atoms in total. The van der Waals surface area contributed by atoms with Crippen molar-refractivity contribution in [3.8, 4) is 0 Å². The predicted octanol–water partition coefficient (Wildman–Crippen LogP) is 2.14. The standard InChI is InChI=1S/C16H20N4OS/c1-19-7-6-15(18-19)17-16(21)11-20-8-5-12-9-14(22-2)4-3-13(12)10-20/h3-4,6-7,9H,5,8,10-11H2,1-2H3,(H,17,18,21). The molecule has 0 aliphatic carbocycles. The van der Waals surface area contributed by atoms with Gasteiger partial charge in [0.05, 0.1) is 6.54 Å². The lowest BCUT2D eigenvalue weighted by molar-refractivity contribution is -0.117. The normalized spacial score (nSPS) is 14.6. The molecule has 0 radical (unpaired) electrons. The van der Waals surface area contributed by atoms with Gasteiger partial charge in [0, 0.05) is 37.3 Å². The molecule has 0 unspecified atom stereocenters. The van der Waals surface area contributed by atoms with Crippen molar-refractivity contribution in [3.63, 3.8) is 0 Å². The highest BCUT2D eigenvalue weighted by atomic mass is 32.2. The van der Waals surface area contributed by atoms with Crippen LogP contribution in [-0.4, -0.2) is 39.9 Å². The number of nitrogens with zero attached hydrogens (tertiary/aromatic N) is 3. The molecule has 6 heteroatoms. The van der Waals surface area contributed by atoms with Crippen LogP contribution in [0.15, 0.2) is 35.4 Å². The van der Waals surface area contributed by atoms with Gasteiger partial charge in [0.15, 0.2) is 5.82 Å². The molecular formula is C16H20N4OS. The van der Waals surface area contributed by atoms with Gasteiger partial charge in [-0.1, -0.05) is 6.07 Å². The maximum atomic E-state index is 12.1. The van der Waals surface area contributed by atoms with Crippen molar-refractivity contribution in [1.29, 1.82) is 0 Å². The van der Waals surface area contributed by atoms with Gasteiger partial charge in [0.2, 0.25) is 5.91 Å². The second kappa shape index (κ2) is 6.54. The molecule has 22 heavy (non-hydrogen) atoms. The Morgan fingerprint density at radius 2 is 2.23 bits per heavy atom. The predicted molar refractivity (Wildman–Crippen MR) is 89.0 cm³/mol. The van der Waals surface area contributed by atoms with Crippen molar-refractivity contribution in [1.82, 2.24) is 14.7 Å². The van der Waals surface area contributed by atoms with Crippen molar-refractivity contribution in [2.75, 3.05) is 24.7 Å². The molecule has 1 aliphatic rings. The molecule has 0 fully saturated rings. The van der Waals surface area contributed by atoms with E-state index in [0.717, 1.165) is 19.5 Å². The largest absolute Gasteiger partial charge is 0.308 e. The average molecular weight is 316 g/mol. The molecule has 1 amide bonds. The lowest BCUT2D eigenvalue weighted by Crippen LogP contribution is -2.37. The van der Waals surface area contributed by atoms with Crippen molar-refractivity contribution in [3.05, 3.63) is 41.6 Å². The van der Waals surface area contributed by atoms with Crippen LogP contribution in [0.1, 0.15) is 11.1 Å². The molecule has 1 N–H and O–H groups in total. The molecule has 1 aliphatic heterocycles. The van der Waals surface area contributed by atoms with E-state index in [2.05, 4.69) is 39.8 Å². The Bertz CT molecular complexity index is 683. The zero-order valence-electron chi connectivity index (χ0n) is 12.9. The molecular weight excluding hydrogens is 296 g/mol. The number of benzene rings is 1. The molecule has 0 atom stereocenters. The first-order chi connectivity index (χ1) is 10.6. The van der Waals surface area contributed by atoms with E-state index in [4.69, 9.17) is 0 Å². The van der Waals surface area contributed by atoms with Gasteiger partial charge in [-0.2, -0.15) is 5.10 Å². The van der Waals surface area contributed by atoms with E-state index in [1.807, 2.05) is 13.2 Å². The number of amides is 1. The minimum absolute atomic E-state index is 0.0112. The van der Waals surface area contributed by atoms with E-state index in [1.54, 1.807) is 22.5 Å². The molecule has 116 valence electrons. The number of hydrogen-bond donors (Lipinski definition) is 1. The number of hydrogen-bond acceptors (Lipinski definition) is 4. The molecule has 2 heterocycles. The minimum atomic E-state index is -0.0112. The maximum absolute atomic E-state index is 12.1. The summed E-state index contributed by atoms with van der Waals surface area (Å²) in [5.41, 5.74) is 2.74. The summed E-state index contributed by atoms with van der Waals surface area (Å²) in [6.45, 7) is 2.15. The summed E-state index contributed by atoms with van der Waals surface area (Å²) in [5.74, 6) is 0.595. The molecule has 3 rings (SSSR count). The van der Waals surface area contributed by atoms with E-state index in [0.29, 0.717) is 12.4 Å². The van der Waals surface area contributed by atoms with Crippen LogP contribution in [0, 0.1) is 0 Å². The van der Waals surface area contributed by atoms with Gasteiger partial charge in [0.25, 0.3) is 0 Å². The molecule has 1 aromatic carbocycles. The molecule has 0 spiro atoms. The number of anilines is 1. The molecule has 2 aromatic rings. The number of thioether (sulfide) groups is 1. The SMILES string of the molecule is CSc1ccc2c(c1)CCN(CC(=O)Nc1ccn(C)n1)C2. The second-order valence-corrected chi connectivity index (χ2v) is 6.40. The van der Waals surface area contributed by atoms with Crippen molar-refractivity contribution < 1.29 is 4.79 Å². The van der Waals surface area contributed by atoms with Crippen molar-refractivity contribution >= 4 is 23.5 Å². The first kappa shape index (κ1) is 15.1. The third-order valence-corrected chi connectivity index (χ3v) is 4.58. The van der Waals surface area contributed by atoms with E-state index in [9.17, 15) is 4.79 Å². The highest BCUT2D eigenvalue weighted by molar-refractivity contribution is 7.98. The number of aromatic nitrogens is 2. The minimum Gasteiger partial charge on any atom is -0.308 e. The van der Waals surface area contributed by atoms with Crippen molar-refractivity contribution in [2.45, 2.75) is 17.9 Å². The summed E-state index contributed by atoms with van der Waals surface area (Å²) in [7, 11) is 1.83. The molecule has 0 bridgehead atoms. The van der Waals surface area contributed by atoms with E-state index >= 15 is 0 Å². The third kappa shape index (κ3) is 3.51. The summed E-state index contributed by atoms with van der Waals surface area (Å²) < 4.78 is 1.68. The Morgan fingerprint density at radius 1 is 1.36 bits per heavy atom. The fraction of sp³-hybridized carbons (Fsp3) is 0.375. The van der Waals surface area contributed by atoms with E-state index < -0.39 is 0 Å². The topological polar surface area (TPSA) is 50.2 Å². The zero-order valence-corrected chi connectivity index (χ0v) is 13.7. The smallest absolute Gasteiger partial charge is 0.239 e.